The normalized spacial score (nSPS) is 18.8. The summed E-state index contributed by atoms with van der Waals surface area (Å²) < 4.78 is 5.77. The summed E-state index contributed by atoms with van der Waals surface area (Å²) in [6.45, 7) is 16.4. The predicted octanol–water partition coefficient (Wildman–Crippen LogP) is 2.82. The molecule has 1 saturated heterocycles. The lowest BCUT2D eigenvalue weighted by Crippen LogP contribution is -2.46. The number of rotatable bonds is 5. The summed E-state index contributed by atoms with van der Waals surface area (Å²) in [7, 11) is 0. The van der Waals surface area contributed by atoms with Crippen LogP contribution in [0.15, 0.2) is 0 Å². The van der Waals surface area contributed by atoms with E-state index in [1.54, 1.807) is 0 Å². The highest BCUT2D eigenvalue weighted by Gasteiger charge is 2.23. The molecule has 1 aliphatic rings. The number of piperidine rings is 1. The number of nitrogens with zero attached hydrogens (tertiary/aromatic N) is 1. The molecular weight excluding hydrogens is 264 g/mol. The van der Waals surface area contributed by atoms with Crippen LogP contribution >= 0.6 is 0 Å². The van der Waals surface area contributed by atoms with E-state index in [1.807, 2.05) is 0 Å². The van der Waals surface area contributed by atoms with Gasteiger partial charge in [0.15, 0.2) is 0 Å². The van der Waals surface area contributed by atoms with Crippen LogP contribution in [0.5, 0.6) is 0 Å². The van der Waals surface area contributed by atoms with Crippen molar-refractivity contribution in [3.63, 3.8) is 0 Å². The molecule has 0 saturated carbocycles. The van der Waals surface area contributed by atoms with Crippen LogP contribution in [-0.2, 0) is 9.53 Å². The zero-order valence-corrected chi connectivity index (χ0v) is 14.8. The summed E-state index contributed by atoms with van der Waals surface area (Å²) in [5, 5.41) is 3.18. The van der Waals surface area contributed by atoms with E-state index in [-0.39, 0.29) is 16.9 Å². The second-order valence-corrected chi connectivity index (χ2v) is 8.38. The van der Waals surface area contributed by atoms with Gasteiger partial charge in [-0.2, -0.15) is 0 Å². The summed E-state index contributed by atoms with van der Waals surface area (Å²) in [5.41, 5.74) is 0.00827. The molecule has 0 bridgehead atoms. The second-order valence-electron chi connectivity index (χ2n) is 8.38. The Morgan fingerprint density at radius 2 is 1.71 bits per heavy atom. The molecule has 0 atom stereocenters. The number of hydrogen-bond acceptors (Lipinski definition) is 3. The highest BCUT2D eigenvalue weighted by atomic mass is 16.5. The monoisotopic (exact) mass is 298 g/mol. The van der Waals surface area contributed by atoms with Gasteiger partial charge in [0.25, 0.3) is 0 Å². The number of carbonyl (C=O) groups is 1. The Morgan fingerprint density at radius 1 is 1.14 bits per heavy atom. The minimum absolute atomic E-state index is 0.0563. The third-order valence-electron chi connectivity index (χ3n) is 3.59. The number of ether oxygens (including phenoxy) is 1. The molecule has 0 unspecified atom stereocenters. The van der Waals surface area contributed by atoms with E-state index in [1.165, 1.54) is 0 Å². The van der Waals surface area contributed by atoms with Crippen molar-refractivity contribution < 1.29 is 9.53 Å². The largest absolute Gasteiger partial charge is 0.375 e. The number of nitrogens with one attached hydrogen (secondary N) is 1. The van der Waals surface area contributed by atoms with Crippen molar-refractivity contribution >= 4 is 5.91 Å². The van der Waals surface area contributed by atoms with E-state index >= 15 is 0 Å². The Labute approximate surface area is 130 Å². The Morgan fingerprint density at radius 3 is 2.19 bits per heavy atom. The molecule has 21 heavy (non-hydrogen) atoms. The van der Waals surface area contributed by atoms with Crippen LogP contribution in [-0.4, -0.2) is 48.7 Å². The van der Waals surface area contributed by atoms with E-state index in [0.29, 0.717) is 12.5 Å². The molecule has 1 fully saturated rings. The highest BCUT2D eigenvalue weighted by Crippen LogP contribution is 2.19. The fourth-order valence-electron chi connectivity index (χ4n) is 2.54. The Kier molecular flexibility index (Phi) is 6.67. The Balaban J connectivity index is 2.19. The lowest BCUT2D eigenvalue weighted by Gasteiger charge is -2.33. The van der Waals surface area contributed by atoms with E-state index in [9.17, 15) is 4.79 Å². The minimum Gasteiger partial charge on any atom is -0.375 e. The molecular formula is C17H34N2O2. The topological polar surface area (TPSA) is 41.6 Å². The van der Waals surface area contributed by atoms with E-state index < -0.39 is 0 Å². The van der Waals surface area contributed by atoms with Gasteiger partial charge in [0, 0.05) is 32.1 Å². The first kappa shape index (κ1) is 18.4. The summed E-state index contributed by atoms with van der Waals surface area (Å²) in [6, 6.07) is 0.347. The molecule has 1 amide bonds. The average Bonchev–Trinajstić information content (AvgIpc) is 2.27. The van der Waals surface area contributed by atoms with Gasteiger partial charge >= 0.3 is 0 Å². The van der Waals surface area contributed by atoms with E-state index in [4.69, 9.17) is 4.74 Å². The predicted molar refractivity (Wildman–Crippen MR) is 87.4 cm³/mol. The number of carbonyl (C=O) groups excluding carboxylic acids is 1. The third kappa shape index (κ3) is 9.10. The van der Waals surface area contributed by atoms with Crippen molar-refractivity contribution in [3.8, 4) is 0 Å². The molecule has 0 aromatic rings. The Hall–Kier alpha value is -0.610. The molecule has 1 heterocycles. The first-order chi connectivity index (χ1) is 9.55. The number of amides is 1. The molecule has 0 aromatic carbocycles. The third-order valence-corrected chi connectivity index (χ3v) is 3.59. The second kappa shape index (κ2) is 7.59. The fraction of sp³-hybridized carbons (Fsp3) is 0.941. The first-order valence-electron chi connectivity index (χ1n) is 8.21. The molecule has 0 radical (unpaired) electrons. The van der Waals surface area contributed by atoms with Crippen molar-refractivity contribution in [2.75, 3.05) is 26.2 Å². The van der Waals surface area contributed by atoms with E-state index in [2.05, 4.69) is 51.8 Å². The standard InChI is InChI=1S/C17H34N2O2/c1-16(2,3)13-15(20)18-14-7-9-19(10-8-14)11-12-21-17(4,5)6/h14H,7-13H2,1-6H3,(H,18,20). The molecule has 124 valence electrons. The lowest BCUT2D eigenvalue weighted by atomic mass is 9.91. The maximum atomic E-state index is 11.9. The minimum atomic E-state index is -0.0563. The summed E-state index contributed by atoms with van der Waals surface area (Å²) in [4.78, 5) is 14.4. The lowest BCUT2D eigenvalue weighted by molar-refractivity contribution is -0.123. The molecule has 4 nitrogen and oxygen atoms in total. The maximum Gasteiger partial charge on any atom is 0.220 e. The van der Waals surface area contributed by atoms with Gasteiger partial charge in [0.05, 0.1) is 12.2 Å². The van der Waals surface area contributed by atoms with Crippen LogP contribution in [0, 0.1) is 5.41 Å². The quantitative estimate of drug-likeness (QED) is 0.848. The Bertz CT molecular complexity index is 321. The van der Waals surface area contributed by atoms with Crippen LogP contribution in [0.25, 0.3) is 0 Å². The highest BCUT2D eigenvalue weighted by molar-refractivity contribution is 5.76. The summed E-state index contributed by atoms with van der Waals surface area (Å²) >= 11 is 0. The van der Waals surface area contributed by atoms with Crippen LogP contribution in [0.2, 0.25) is 0 Å². The van der Waals surface area contributed by atoms with Crippen molar-refractivity contribution in [1.29, 1.82) is 0 Å². The average molecular weight is 298 g/mol. The van der Waals surface area contributed by atoms with Gasteiger partial charge in [-0.15, -0.1) is 0 Å². The van der Waals surface area contributed by atoms with Gasteiger partial charge in [0.1, 0.15) is 0 Å². The SMILES string of the molecule is CC(C)(C)CC(=O)NC1CCN(CCOC(C)(C)C)CC1. The van der Waals surface area contributed by atoms with Crippen molar-refractivity contribution in [2.24, 2.45) is 5.41 Å². The summed E-state index contributed by atoms with van der Waals surface area (Å²) in [5.74, 6) is 0.192. The maximum absolute atomic E-state index is 11.9. The van der Waals surface area contributed by atoms with Crippen LogP contribution in [0.3, 0.4) is 0 Å². The van der Waals surface area contributed by atoms with Crippen molar-refractivity contribution in [2.45, 2.75) is 72.4 Å². The van der Waals surface area contributed by atoms with Crippen LogP contribution < -0.4 is 5.32 Å². The number of likely N-dealkylation sites (tertiary alicyclic amines) is 1. The van der Waals surface area contributed by atoms with Crippen LogP contribution in [0.4, 0.5) is 0 Å². The van der Waals surface area contributed by atoms with Crippen LogP contribution in [0.1, 0.15) is 60.8 Å². The zero-order chi connectivity index (χ0) is 16.1. The van der Waals surface area contributed by atoms with Gasteiger partial charge in [-0.3, -0.25) is 4.79 Å². The molecule has 1 N–H and O–H groups in total. The summed E-state index contributed by atoms with van der Waals surface area (Å²) in [6.07, 6.45) is 2.70. The van der Waals surface area contributed by atoms with Gasteiger partial charge in [-0.05, 0) is 39.0 Å². The smallest absolute Gasteiger partial charge is 0.220 e. The first-order valence-corrected chi connectivity index (χ1v) is 8.21. The fourth-order valence-corrected chi connectivity index (χ4v) is 2.54. The molecule has 1 aliphatic heterocycles. The van der Waals surface area contributed by atoms with Gasteiger partial charge in [-0.25, -0.2) is 0 Å². The molecule has 0 spiro atoms. The van der Waals surface area contributed by atoms with Gasteiger partial charge in [0.2, 0.25) is 5.91 Å². The van der Waals surface area contributed by atoms with Gasteiger partial charge in [-0.1, -0.05) is 20.8 Å². The molecule has 4 heteroatoms. The molecule has 0 aliphatic carbocycles. The van der Waals surface area contributed by atoms with Crippen molar-refractivity contribution in [3.05, 3.63) is 0 Å². The molecule has 0 aromatic heterocycles. The zero-order valence-electron chi connectivity index (χ0n) is 14.8. The molecule has 1 rings (SSSR count). The van der Waals surface area contributed by atoms with E-state index in [0.717, 1.165) is 39.1 Å². The number of hydrogen-bond donors (Lipinski definition) is 1. The van der Waals surface area contributed by atoms with Gasteiger partial charge < -0.3 is 15.0 Å². The van der Waals surface area contributed by atoms with Crippen molar-refractivity contribution in [1.82, 2.24) is 10.2 Å².